The summed E-state index contributed by atoms with van der Waals surface area (Å²) < 4.78 is 0. The zero-order chi connectivity index (χ0) is 17.3. The van der Waals surface area contributed by atoms with Gasteiger partial charge in [0.15, 0.2) is 5.78 Å². The number of Topliss-reactive ketones (excluding diaryl/α,β-unsaturated/α-hetero) is 1. The van der Waals surface area contributed by atoms with Crippen LogP contribution in [0.15, 0.2) is 40.7 Å². The maximum absolute atomic E-state index is 12.5. The topological polar surface area (TPSA) is 102 Å². The van der Waals surface area contributed by atoms with E-state index in [-0.39, 0.29) is 17.5 Å². The van der Waals surface area contributed by atoms with Crippen LogP contribution in [-0.2, 0) is 0 Å². The lowest BCUT2D eigenvalue weighted by atomic mass is 10.0. The summed E-state index contributed by atoms with van der Waals surface area (Å²) >= 11 is 1.36. The molecule has 2 heterocycles. The molecule has 0 fully saturated rings. The van der Waals surface area contributed by atoms with Crippen molar-refractivity contribution in [2.24, 2.45) is 10.7 Å². The van der Waals surface area contributed by atoms with Crippen molar-refractivity contribution in [3.8, 4) is 0 Å². The zero-order valence-corrected chi connectivity index (χ0v) is 13.8. The van der Waals surface area contributed by atoms with E-state index >= 15 is 0 Å². The molecule has 2 N–H and O–H groups in total. The maximum Gasteiger partial charge on any atom is 0.270 e. The van der Waals surface area contributed by atoms with Crippen LogP contribution in [0.1, 0.15) is 15.2 Å². The molecule has 0 saturated carbocycles. The molecule has 0 amide bonds. The molecule has 2 unspecified atom stereocenters. The summed E-state index contributed by atoms with van der Waals surface area (Å²) in [5, 5.41) is 12.8. The van der Waals surface area contributed by atoms with Gasteiger partial charge in [-0.15, -0.1) is 11.3 Å². The van der Waals surface area contributed by atoms with Crippen LogP contribution in [0.4, 0.5) is 11.4 Å². The van der Waals surface area contributed by atoms with Crippen LogP contribution >= 0.6 is 11.3 Å². The lowest BCUT2D eigenvalue weighted by molar-refractivity contribution is -0.384. The quantitative estimate of drug-likeness (QED) is 0.520. The van der Waals surface area contributed by atoms with E-state index in [4.69, 9.17) is 5.73 Å². The molecule has 2 atom stereocenters. The third-order valence-corrected chi connectivity index (χ3v) is 4.99. The number of nitro groups is 1. The SMILES string of the molecule is CN1c2ccc([N+](=O)[O-])cc2C=NCC1C(N)C(=O)c1cccs1. The number of benzene rings is 1. The van der Waals surface area contributed by atoms with Gasteiger partial charge >= 0.3 is 0 Å². The van der Waals surface area contributed by atoms with E-state index in [0.29, 0.717) is 17.0 Å². The molecule has 24 heavy (non-hydrogen) atoms. The second-order valence-electron chi connectivity index (χ2n) is 5.54. The largest absolute Gasteiger partial charge is 0.367 e. The first-order valence-corrected chi connectivity index (χ1v) is 8.21. The van der Waals surface area contributed by atoms with E-state index < -0.39 is 11.0 Å². The van der Waals surface area contributed by atoms with Gasteiger partial charge in [-0.05, 0) is 17.5 Å². The summed E-state index contributed by atoms with van der Waals surface area (Å²) in [7, 11) is 1.82. The van der Waals surface area contributed by atoms with E-state index in [2.05, 4.69) is 4.99 Å². The summed E-state index contributed by atoms with van der Waals surface area (Å²) in [5.74, 6) is -0.123. The van der Waals surface area contributed by atoms with Crippen LogP contribution in [0.5, 0.6) is 0 Å². The fraction of sp³-hybridized carbons (Fsp3) is 0.250. The summed E-state index contributed by atoms with van der Waals surface area (Å²) in [6.07, 6.45) is 1.60. The Balaban J connectivity index is 1.91. The molecule has 3 rings (SSSR count). The van der Waals surface area contributed by atoms with Gasteiger partial charge in [-0.3, -0.25) is 19.9 Å². The molecule has 1 aliphatic heterocycles. The molecule has 124 valence electrons. The molecule has 0 aliphatic carbocycles. The number of rotatable bonds is 4. The van der Waals surface area contributed by atoms with E-state index in [0.717, 1.165) is 5.69 Å². The highest BCUT2D eigenvalue weighted by atomic mass is 32.1. The van der Waals surface area contributed by atoms with Crippen molar-refractivity contribution in [2.75, 3.05) is 18.5 Å². The van der Waals surface area contributed by atoms with Crippen LogP contribution in [0.25, 0.3) is 0 Å². The monoisotopic (exact) mass is 344 g/mol. The van der Waals surface area contributed by atoms with Gasteiger partial charge in [-0.1, -0.05) is 6.07 Å². The number of ketones is 1. The third-order valence-electron chi connectivity index (χ3n) is 4.10. The highest BCUT2D eigenvalue weighted by Crippen LogP contribution is 2.28. The maximum atomic E-state index is 12.5. The summed E-state index contributed by atoms with van der Waals surface area (Å²) in [6, 6.07) is 7.10. The summed E-state index contributed by atoms with van der Waals surface area (Å²) in [6.45, 7) is 0.345. The number of nitrogens with two attached hydrogens (primary N) is 1. The van der Waals surface area contributed by atoms with Crippen molar-refractivity contribution in [1.29, 1.82) is 0 Å². The number of hydrogen-bond donors (Lipinski definition) is 1. The summed E-state index contributed by atoms with van der Waals surface area (Å²) in [5.41, 5.74) is 7.63. The second kappa shape index (κ2) is 6.50. The minimum Gasteiger partial charge on any atom is -0.367 e. The Labute approximate surface area is 142 Å². The Morgan fingerprint density at radius 1 is 1.50 bits per heavy atom. The van der Waals surface area contributed by atoms with Crippen LogP contribution in [0.3, 0.4) is 0 Å². The minimum absolute atomic E-state index is 0.00557. The van der Waals surface area contributed by atoms with Crippen molar-refractivity contribution >= 4 is 34.7 Å². The minimum atomic E-state index is -0.730. The van der Waals surface area contributed by atoms with Gasteiger partial charge in [0.1, 0.15) is 0 Å². The lowest BCUT2D eigenvalue weighted by Crippen LogP contribution is -2.52. The Morgan fingerprint density at radius 2 is 2.29 bits per heavy atom. The molecular formula is C16H16N4O3S. The van der Waals surface area contributed by atoms with Gasteiger partial charge in [-0.2, -0.15) is 0 Å². The Hall–Kier alpha value is -2.58. The van der Waals surface area contributed by atoms with Crippen molar-refractivity contribution in [3.63, 3.8) is 0 Å². The number of carbonyl (C=O) groups is 1. The first-order valence-electron chi connectivity index (χ1n) is 7.33. The number of likely N-dealkylation sites (N-methyl/N-ethyl adjacent to an activating group) is 1. The van der Waals surface area contributed by atoms with Crippen molar-refractivity contribution in [1.82, 2.24) is 0 Å². The Morgan fingerprint density at radius 3 is 2.96 bits per heavy atom. The van der Waals surface area contributed by atoms with Gasteiger partial charge in [-0.25, -0.2) is 0 Å². The number of hydrogen-bond acceptors (Lipinski definition) is 7. The van der Waals surface area contributed by atoms with Gasteiger partial charge in [0.05, 0.1) is 28.4 Å². The molecular weight excluding hydrogens is 328 g/mol. The molecule has 7 nitrogen and oxygen atoms in total. The number of aliphatic imine (C=N–C) groups is 1. The van der Waals surface area contributed by atoms with Crippen molar-refractivity contribution in [3.05, 3.63) is 56.3 Å². The van der Waals surface area contributed by atoms with E-state index in [1.54, 1.807) is 18.3 Å². The Kier molecular flexibility index (Phi) is 4.41. The molecule has 1 aliphatic rings. The second-order valence-corrected chi connectivity index (χ2v) is 6.49. The number of fused-ring (bicyclic) bond motifs is 1. The normalized spacial score (nSPS) is 17.9. The molecule has 0 radical (unpaired) electrons. The molecule has 0 bridgehead atoms. The van der Waals surface area contributed by atoms with Crippen molar-refractivity contribution < 1.29 is 9.72 Å². The highest BCUT2D eigenvalue weighted by molar-refractivity contribution is 7.12. The third kappa shape index (κ3) is 2.93. The number of carbonyl (C=O) groups excluding carboxylic acids is 1. The van der Waals surface area contributed by atoms with Gasteiger partial charge in [0, 0.05) is 36.6 Å². The first-order chi connectivity index (χ1) is 11.5. The predicted molar refractivity (Wildman–Crippen MR) is 94.4 cm³/mol. The smallest absolute Gasteiger partial charge is 0.270 e. The fourth-order valence-corrected chi connectivity index (χ4v) is 3.47. The van der Waals surface area contributed by atoms with Gasteiger partial charge < -0.3 is 10.6 Å². The highest BCUT2D eigenvalue weighted by Gasteiger charge is 2.31. The number of benzodiazepines with no additional fused rings is 1. The number of nitrogens with zero attached hydrogens (tertiary/aromatic N) is 3. The average Bonchev–Trinajstić information content (AvgIpc) is 3.05. The number of nitro benzene ring substituents is 1. The predicted octanol–water partition coefficient (Wildman–Crippen LogP) is 2.10. The molecule has 1 aromatic carbocycles. The average molecular weight is 344 g/mol. The first kappa shape index (κ1) is 16.3. The lowest BCUT2D eigenvalue weighted by Gasteiger charge is -2.32. The van der Waals surface area contributed by atoms with E-state index in [1.807, 2.05) is 23.4 Å². The van der Waals surface area contributed by atoms with E-state index in [1.165, 1.54) is 23.5 Å². The zero-order valence-electron chi connectivity index (χ0n) is 13.0. The number of anilines is 1. The van der Waals surface area contributed by atoms with E-state index in [9.17, 15) is 14.9 Å². The van der Waals surface area contributed by atoms with Crippen LogP contribution in [-0.4, -0.2) is 42.6 Å². The van der Waals surface area contributed by atoms with Crippen LogP contribution in [0, 0.1) is 10.1 Å². The van der Waals surface area contributed by atoms with Gasteiger partial charge in [0.25, 0.3) is 5.69 Å². The fourth-order valence-electron chi connectivity index (χ4n) is 2.75. The van der Waals surface area contributed by atoms with Crippen molar-refractivity contribution in [2.45, 2.75) is 12.1 Å². The molecule has 2 aromatic rings. The molecule has 1 aromatic heterocycles. The van der Waals surface area contributed by atoms with Crippen LogP contribution < -0.4 is 10.6 Å². The van der Waals surface area contributed by atoms with Crippen LogP contribution in [0.2, 0.25) is 0 Å². The van der Waals surface area contributed by atoms with Gasteiger partial charge in [0.2, 0.25) is 0 Å². The standard InChI is InChI=1S/C16H16N4O3S/c1-19-12-5-4-11(20(22)23)7-10(12)8-18-9-13(19)15(17)16(21)14-3-2-6-24-14/h2-8,13,15H,9,17H2,1H3. The number of thiophene rings is 1. The molecule has 8 heteroatoms. The molecule has 0 saturated heterocycles. The molecule has 0 spiro atoms. The number of non-ortho nitro benzene ring substituents is 1. The summed E-state index contributed by atoms with van der Waals surface area (Å²) in [4.78, 5) is 29.8. The Bertz CT molecular complexity index is 804.